The SMILES string of the molecule is COc1ccc(NS(=O)(=O)c2ccc(N[C@@H](c3c(C)n(C)n(-c4ccccc4)c3=O)S(=O)(=O)O)cc2)nn1. The van der Waals surface area contributed by atoms with Crippen LogP contribution < -0.4 is 20.3 Å². The van der Waals surface area contributed by atoms with E-state index in [0.29, 0.717) is 11.4 Å². The molecule has 200 valence electrons. The number of benzene rings is 2. The molecule has 0 aliphatic heterocycles. The van der Waals surface area contributed by atoms with Gasteiger partial charge in [0, 0.05) is 24.5 Å². The summed E-state index contributed by atoms with van der Waals surface area (Å²) < 4.78 is 70.2. The van der Waals surface area contributed by atoms with E-state index in [0.717, 1.165) is 0 Å². The zero-order valence-corrected chi connectivity index (χ0v) is 22.1. The lowest BCUT2D eigenvalue weighted by molar-refractivity contribution is 0.392. The van der Waals surface area contributed by atoms with Crippen LogP contribution in [0.3, 0.4) is 0 Å². The highest BCUT2D eigenvalue weighted by molar-refractivity contribution is 7.92. The van der Waals surface area contributed by atoms with E-state index in [1.54, 1.807) is 44.3 Å². The number of methoxy groups -OCH3 is 1. The van der Waals surface area contributed by atoms with Crippen molar-refractivity contribution in [2.24, 2.45) is 7.05 Å². The van der Waals surface area contributed by atoms with Crippen molar-refractivity contribution < 1.29 is 26.1 Å². The van der Waals surface area contributed by atoms with E-state index in [4.69, 9.17) is 4.74 Å². The fourth-order valence-corrected chi connectivity index (χ4v) is 5.60. The molecule has 0 bridgehead atoms. The number of rotatable bonds is 9. The first-order valence-electron chi connectivity index (χ1n) is 11.0. The molecule has 15 heteroatoms. The molecule has 4 rings (SSSR count). The molecule has 0 fully saturated rings. The number of hydrogen-bond donors (Lipinski definition) is 3. The Morgan fingerprint density at radius 3 is 2.16 bits per heavy atom. The minimum atomic E-state index is -4.83. The third-order valence-electron chi connectivity index (χ3n) is 5.71. The number of aromatic nitrogens is 4. The summed E-state index contributed by atoms with van der Waals surface area (Å²) in [7, 11) is -5.89. The van der Waals surface area contributed by atoms with E-state index in [-0.39, 0.29) is 27.8 Å². The summed E-state index contributed by atoms with van der Waals surface area (Å²) >= 11 is 0. The number of ether oxygens (including phenoxy) is 1. The van der Waals surface area contributed by atoms with Gasteiger partial charge in [0.2, 0.25) is 5.88 Å². The molecule has 0 saturated carbocycles. The quantitative estimate of drug-likeness (QED) is 0.257. The van der Waals surface area contributed by atoms with Crippen molar-refractivity contribution in [3.63, 3.8) is 0 Å². The number of sulfonamides is 1. The number of nitrogens with one attached hydrogen (secondary N) is 2. The second-order valence-electron chi connectivity index (χ2n) is 8.11. The lowest BCUT2D eigenvalue weighted by Crippen LogP contribution is -2.28. The van der Waals surface area contributed by atoms with Crippen molar-refractivity contribution in [2.75, 3.05) is 17.1 Å². The standard InChI is InChI=1S/C23H24N6O7S2/c1-15-21(23(30)29(28(15)2)17-7-5-4-6-8-17)22(38(33,34)35)24-16-9-11-18(12-10-16)37(31,32)27-19-13-14-20(36-3)26-25-19/h4-14,22,24H,1-3H3,(H,25,27)(H,33,34,35)/t22-/m1/s1. The number of nitrogens with zero attached hydrogens (tertiary/aromatic N) is 4. The van der Waals surface area contributed by atoms with E-state index in [1.165, 1.54) is 52.9 Å². The second kappa shape index (κ2) is 10.3. The third-order valence-corrected chi connectivity index (χ3v) is 8.03. The highest BCUT2D eigenvalue weighted by Gasteiger charge is 2.33. The van der Waals surface area contributed by atoms with Crippen molar-refractivity contribution >= 4 is 31.6 Å². The molecule has 13 nitrogen and oxygen atoms in total. The molecule has 3 N–H and O–H groups in total. The predicted octanol–water partition coefficient (Wildman–Crippen LogP) is 2.08. The van der Waals surface area contributed by atoms with Crippen LogP contribution in [0.25, 0.3) is 5.69 Å². The van der Waals surface area contributed by atoms with Crippen LogP contribution >= 0.6 is 0 Å². The van der Waals surface area contributed by atoms with E-state index >= 15 is 0 Å². The molecule has 2 aromatic carbocycles. The maximum Gasteiger partial charge on any atom is 0.290 e. The van der Waals surface area contributed by atoms with Gasteiger partial charge in [0.15, 0.2) is 11.2 Å². The lowest BCUT2D eigenvalue weighted by atomic mass is 10.2. The van der Waals surface area contributed by atoms with Crippen molar-refractivity contribution in [1.82, 2.24) is 19.6 Å². The summed E-state index contributed by atoms with van der Waals surface area (Å²) in [6, 6.07) is 16.5. The second-order valence-corrected chi connectivity index (χ2v) is 11.3. The number of hydrogen-bond acceptors (Lipinski definition) is 9. The molecule has 0 amide bonds. The van der Waals surface area contributed by atoms with E-state index in [1.807, 2.05) is 0 Å². The molecule has 0 radical (unpaired) electrons. The first-order chi connectivity index (χ1) is 17.9. The van der Waals surface area contributed by atoms with Gasteiger partial charge in [-0.1, -0.05) is 18.2 Å². The topological polar surface area (TPSA) is 175 Å². The molecule has 0 saturated heterocycles. The fraction of sp³-hybridized carbons (Fsp3) is 0.174. The van der Waals surface area contributed by atoms with Gasteiger partial charge in [-0.05, 0) is 49.4 Å². The number of anilines is 2. The van der Waals surface area contributed by atoms with Crippen LogP contribution in [0.4, 0.5) is 11.5 Å². The zero-order valence-electron chi connectivity index (χ0n) is 20.4. The van der Waals surface area contributed by atoms with Crippen LogP contribution in [0, 0.1) is 6.92 Å². The first-order valence-corrected chi connectivity index (χ1v) is 14.0. The van der Waals surface area contributed by atoms with Crippen LogP contribution in [-0.4, -0.2) is 48.1 Å². The van der Waals surface area contributed by atoms with Crippen LogP contribution in [0.2, 0.25) is 0 Å². The molecular formula is C23H24N6O7S2. The van der Waals surface area contributed by atoms with Gasteiger partial charge in [-0.2, -0.15) is 8.42 Å². The summed E-state index contributed by atoms with van der Waals surface area (Å²) in [6.45, 7) is 1.55. The van der Waals surface area contributed by atoms with Gasteiger partial charge in [-0.3, -0.25) is 18.8 Å². The molecular weight excluding hydrogens is 536 g/mol. The van der Waals surface area contributed by atoms with Gasteiger partial charge in [0.05, 0.1) is 23.3 Å². The molecule has 0 unspecified atom stereocenters. The smallest absolute Gasteiger partial charge is 0.290 e. The monoisotopic (exact) mass is 560 g/mol. The van der Waals surface area contributed by atoms with Gasteiger partial charge >= 0.3 is 0 Å². The largest absolute Gasteiger partial charge is 0.480 e. The van der Waals surface area contributed by atoms with Crippen molar-refractivity contribution in [1.29, 1.82) is 0 Å². The average Bonchev–Trinajstić information content (AvgIpc) is 3.10. The minimum absolute atomic E-state index is 0.0336. The summed E-state index contributed by atoms with van der Waals surface area (Å²) in [5.41, 5.74) is 0.125. The van der Waals surface area contributed by atoms with Crippen LogP contribution in [0.15, 0.2) is 76.4 Å². The molecule has 2 aromatic heterocycles. The highest BCUT2D eigenvalue weighted by Crippen LogP contribution is 2.27. The van der Waals surface area contributed by atoms with Crippen molar-refractivity contribution in [2.45, 2.75) is 17.2 Å². The Hall–Kier alpha value is -4.21. The Morgan fingerprint density at radius 2 is 1.61 bits per heavy atom. The Balaban J connectivity index is 1.64. The normalized spacial score (nSPS) is 12.6. The van der Waals surface area contributed by atoms with Gasteiger partial charge < -0.3 is 10.1 Å². The Bertz CT molecular complexity index is 1720. The Morgan fingerprint density at radius 1 is 0.947 bits per heavy atom. The average molecular weight is 561 g/mol. The third kappa shape index (κ3) is 5.39. The molecule has 0 aliphatic rings. The Kier molecular flexibility index (Phi) is 7.26. The van der Waals surface area contributed by atoms with Gasteiger partial charge in [0.1, 0.15) is 0 Å². The van der Waals surface area contributed by atoms with Crippen LogP contribution in [0.1, 0.15) is 16.6 Å². The molecule has 38 heavy (non-hydrogen) atoms. The molecule has 0 spiro atoms. The lowest BCUT2D eigenvalue weighted by Gasteiger charge is -2.17. The van der Waals surface area contributed by atoms with Gasteiger partial charge in [-0.15, -0.1) is 10.2 Å². The van der Waals surface area contributed by atoms with Crippen molar-refractivity contribution in [3.05, 3.63) is 88.3 Å². The molecule has 2 heterocycles. The number of para-hydroxylation sites is 1. The predicted molar refractivity (Wildman–Crippen MR) is 139 cm³/mol. The first kappa shape index (κ1) is 26.8. The Labute approximate surface area is 218 Å². The summed E-state index contributed by atoms with van der Waals surface area (Å²) in [5.74, 6) is 0.176. The van der Waals surface area contributed by atoms with Gasteiger partial charge in [-0.25, -0.2) is 13.1 Å². The maximum atomic E-state index is 13.3. The molecule has 0 aliphatic carbocycles. The molecule has 4 aromatic rings. The highest BCUT2D eigenvalue weighted by atomic mass is 32.2. The molecule has 1 atom stereocenters. The van der Waals surface area contributed by atoms with Crippen LogP contribution in [0.5, 0.6) is 5.88 Å². The van der Waals surface area contributed by atoms with E-state index < -0.39 is 31.1 Å². The summed E-state index contributed by atoms with van der Waals surface area (Å²) in [6.07, 6.45) is 0. The fourth-order valence-electron chi connectivity index (χ4n) is 3.75. The summed E-state index contributed by atoms with van der Waals surface area (Å²) in [5, 5.41) is 8.23. The maximum absolute atomic E-state index is 13.3. The van der Waals surface area contributed by atoms with E-state index in [9.17, 15) is 26.2 Å². The van der Waals surface area contributed by atoms with Crippen molar-refractivity contribution in [3.8, 4) is 11.6 Å². The zero-order chi connectivity index (χ0) is 27.7. The van der Waals surface area contributed by atoms with E-state index in [2.05, 4.69) is 20.2 Å². The summed E-state index contributed by atoms with van der Waals surface area (Å²) in [4.78, 5) is 13.2. The van der Waals surface area contributed by atoms with Crippen LogP contribution in [-0.2, 0) is 27.2 Å². The van der Waals surface area contributed by atoms with Gasteiger partial charge in [0.25, 0.3) is 25.7 Å². The minimum Gasteiger partial charge on any atom is -0.480 e.